The van der Waals surface area contributed by atoms with Crippen LogP contribution in [0.3, 0.4) is 0 Å². The maximum atomic E-state index is 3.49. The van der Waals surface area contributed by atoms with Crippen LogP contribution in [0.25, 0.3) is 0 Å². The Kier molecular flexibility index (Phi) is 4.39. The van der Waals surface area contributed by atoms with E-state index in [1.165, 1.54) is 11.4 Å². The third-order valence-corrected chi connectivity index (χ3v) is 2.93. The van der Waals surface area contributed by atoms with Crippen LogP contribution in [0.1, 0.15) is 12.6 Å². The van der Waals surface area contributed by atoms with Crippen molar-refractivity contribution in [2.24, 2.45) is 7.05 Å². The summed E-state index contributed by atoms with van der Waals surface area (Å²) in [6, 6.07) is 4.82. The molecule has 74 valence electrons. The first kappa shape index (κ1) is 10.7. The second-order valence-corrected chi connectivity index (χ2v) is 4.26. The van der Waals surface area contributed by atoms with Gasteiger partial charge >= 0.3 is 0 Å². The molecular weight excluding hydrogens is 180 g/mol. The molecule has 0 aliphatic rings. The lowest BCUT2D eigenvalue weighted by molar-refractivity contribution is 0.577. The first-order valence-corrected chi connectivity index (χ1v) is 5.96. The summed E-state index contributed by atoms with van der Waals surface area (Å²) in [5.41, 5.74) is 1.34. The summed E-state index contributed by atoms with van der Waals surface area (Å²) in [5.74, 6) is 1.17. The van der Waals surface area contributed by atoms with Crippen LogP contribution in [0.4, 0.5) is 0 Å². The van der Waals surface area contributed by atoms with Crippen LogP contribution in [0.5, 0.6) is 0 Å². The van der Waals surface area contributed by atoms with Gasteiger partial charge in [0.2, 0.25) is 0 Å². The highest BCUT2D eigenvalue weighted by Crippen LogP contribution is 2.01. The van der Waals surface area contributed by atoms with E-state index in [2.05, 4.69) is 48.4 Å². The highest BCUT2D eigenvalue weighted by Gasteiger charge is 2.01. The zero-order valence-corrected chi connectivity index (χ0v) is 9.40. The van der Waals surface area contributed by atoms with Gasteiger partial charge in [0.15, 0.2) is 0 Å². The number of rotatable bonds is 5. The van der Waals surface area contributed by atoms with Gasteiger partial charge in [0.25, 0.3) is 0 Å². The molecule has 1 atom stereocenters. The fourth-order valence-corrected chi connectivity index (χ4v) is 1.89. The number of nitrogens with zero attached hydrogens (tertiary/aromatic N) is 1. The molecule has 0 spiro atoms. The fraction of sp³-hybridized carbons (Fsp3) is 0.600. The van der Waals surface area contributed by atoms with E-state index in [0.29, 0.717) is 6.04 Å². The Morgan fingerprint density at radius 3 is 2.92 bits per heavy atom. The van der Waals surface area contributed by atoms with Crippen molar-refractivity contribution < 1.29 is 0 Å². The molecule has 1 rings (SSSR count). The van der Waals surface area contributed by atoms with Gasteiger partial charge in [0.1, 0.15) is 0 Å². The number of hydrogen-bond donors (Lipinski definition) is 1. The van der Waals surface area contributed by atoms with Crippen LogP contribution in [0.15, 0.2) is 18.3 Å². The minimum Gasteiger partial charge on any atom is -0.353 e. The number of nitrogens with one attached hydrogen (secondary N) is 1. The summed E-state index contributed by atoms with van der Waals surface area (Å²) < 4.78 is 2.15. The molecule has 2 nitrogen and oxygen atoms in total. The third-order valence-electron chi connectivity index (χ3n) is 2.10. The summed E-state index contributed by atoms with van der Waals surface area (Å²) in [7, 11) is 2.08. The van der Waals surface area contributed by atoms with Gasteiger partial charge in [-0.25, -0.2) is 0 Å². The molecule has 0 saturated carbocycles. The SMILES string of the molecule is CSCC(C)NCc1cccn1C. The Morgan fingerprint density at radius 1 is 1.62 bits per heavy atom. The molecule has 0 aliphatic heterocycles. The molecule has 1 heterocycles. The quantitative estimate of drug-likeness (QED) is 0.778. The largest absolute Gasteiger partial charge is 0.353 e. The van der Waals surface area contributed by atoms with Crippen molar-refractivity contribution in [1.82, 2.24) is 9.88 Å². The first-order chi connectivity index (χ1) is 6.24. The lowest BCUT2D eigenvalue weighted by Crippen LogP contribution is -2.28. The normalized spacial score (nSPS) is 13.2. The minimum atomic E-state index is 0.588. The van der Waals surface area contributed by atoms with Crippen LogP contribution < -0.4 is 5.32 Å². The second kappa shape index (κ2) is 5.35. The number of thioether (sulfide) groups is 1. The second-order valence-electron chi connectivity index (χ2n) is 3.35. The Morgan fingerprint density at radius 2 is 2.38 bits per heavy atom. The van der Waals surface area contributed by atoms with Crippen molar-refractivity contribution in [2.45, 2.75) is 19.5 Å². The minimum absolute atomic E-state index is 0.588. The summed E-state index contributed by atoms with van der Waals surface area (Å²) in [6.07, 6.45) is 4.22. The number of hydrogen-bond acceptors (Lipinski definition) is 2. The highest BCUT2D eigenvalue weighted by atomic mass is 32.2. The Hall–Kier alpha value is -0.410. The Labute approximate surface area is 84.7 Å². The lowest BCUT2D eigenvalue weighted by atomic mass is 10.3. The van der Waals surface area contributed by atoms with Gasteiger partial charge < -0.3 is 9.88 Å². The molecule has 0 fully saturated rings. The maximum absolute atomic E-state index is 3.49. The van der Waals surface area contributed by atoms with Crippen LogP contribution in [-0.4, -0.2) is 22.6 Å². The predicted octanol–water partition coefficient (Wildman–Crippen LogP) is 1.87. The summed E-state index contributed by atoms with van der Waals surface area (Å²) in [5, 5.41) is 3.49. The van der Waals surface area contributed by atoms with E-state index in [4.69, 9.17) is 0 Å². The summed E-state index contributed by atoms with van der Waals surface area (Å²) in [6.45, 7) is 3.19. The van der Waals surface area contributed by atoms with E-state index < -0.39 is 0 Å². The van der Waals surface area contributed by atoms with Crippen LogP contribution >= 0.6 is 11.8 Å². The number of aryl methyl sites for hydroxylation is 1. The van der Waals surface area contributed by atoms with E-state index in [0.717, 1.165) is 6.54 Å². The van der Waals surface area contributed by atoms with E-state index >= 15 is 0 Å². The molecule has 0 bridgehead atoms. The molecule has 1 unspecified atom stereocenters. The molecule has 0 amide bonds. The molecule has 3 heteroatoms. The van der Waals surface area contributed by atoms with Gasteiger partial charge in [-0.15, -0.1) is 0 Å². The van der Waals surface area contributed by atoms with E-state index in [1.807, 2.05) is 11.8 Å². The van der Waals surface area contributed by atoms with Crippen molar-refractivity contribution >= 4 is 11.8 Å². The highest BCUT2D eigenvalue weighted by molar-refractivity contribution is 7.98. The molecule has 0 aliphatic carbocycles. The summed E-state index contributed by atoms with van der Waals surface area (Å²) in [4.78, 5) is 0. The van der Waals surface area contributed by atoms with Crippen molar-refractivity contribution in [3.8, 4) is 0 Å². The van der Waals surface area contributed by atoms with Crippen molar-refractivity contribution in [1.29, 1.82) is 0 Å². The average molecular weight is 198 g/mol. The zero-order chi connectivity index (χ0) is 9.68. The smallest absolute Gasteiger partial charge is 0.0361 e. The van der Waals surface area contributed by atoms with Gasteiger partial charge in [-0.3, -0.25) is 0 Å². The molecule has 0 aromatic carbocycles. The van der Waals surface area contributed by atoms with Crippen LogP contribution in [0, 0.1) is 0 Å². The molecule has 1 N–H and O–H groups in total. The van der Waals surface area contributed by atoms with Gasteiger partial charge in [0, 0.05) is 37.3 Å². The monoisotopic (exact) mass is 198 g/mol. The Balaban J connectivity index is 2.30. The van der Waals surface area contributed by atoms with Gasteiger partial charge in [-0.05, 0) is 25.3 Å². The maximum Gasteiger partial charge on any atom is 0.0361 e. The molecule has 1 aromatic rings. The van der Waals surface area contributed by atoms with E-state index in [-0.39, 0.29) is 0 Å². The van der Waals surface area contributed by atoms with Crippen molar-refractivity contribution in [2.75, 3.05) is 12.0 Å². The fourth-order valence-electron chi connectivity index (χ4n) is 1.27. The zero-order valence-electron chi connectivity index (χ0n) is 8.58. The van der Waals surface area contributed by atoms with Gasteiger partial charge in [0.05, 0.1) is 0 Å². The predicted molar refractivity (Wildman–Crippen MR) is 60.1 cm³/mol. The van der Waals surface area contributed by atoms with E-state index in [1.54, 1.807) is 0 Å². The topological polar surface area (TPSA) is 17.0 Å². The molecule has 0 radical (unpaired) electrons. The number of aromatic nitrogens is 1. The third kappa shape index (κ3) is 3.44. The molecule has 1 aromatic heterocycles. The van der Waals surface area contributed by atoms with Gasteiger partial charge in [-0.2, -0.15) is 11.8 Å². The van der Waals surface area contributed by atoms with E-state index in [9.17, 15) is 0 Å². The Bertz CT molecular complexity index is 245. The van der Waals surface area contributed by atoms with Crippen molar-refractivity contribution in [3.05, 3.63) is 24.0 Å². The lowest BCUT2D eigenvalue weighted by Gasteiger charge is -2.12. The summed E-state index contributed by atoms with van der Waals surface area (Å²) >= 11 is 1.88. The standard InChI is InChI=1S/C10H18N2S/c1-9(8-13-3)11-7-10-5-4-6-12(10)2/h4-6,9,11H,7-8H2,1-3H3. The molecule has 13 heavy (non-hydrogen) atoms. The van der Waals surface area contributed by atoms with Gasteiger partial charge in [-0.1, -0.05) is 0 Å². The first-order valence-electron chi connectivity index (χ1n) is 4.56. The molecule has 0 saturated heterocycles. The van der Waals surface area contributed by atoms with Crippen molar-refractivity contribution in [3.63, 3.8) is 0 Å². The van der Waals surface area contributed by atoms with Crippen LogP contribution in [-0.2, 0) is 13.6 Å². The van der Waals surface area contributed by atoms with Crippen LogP contribution in [0.2, 0.25) is 0 Å². The average Bonchev–Trinajstić information content (AvgIpc) is 2.48. The molecular formula is C10H18N2S.